The highest BCUT2D eigenvalue weighted by Gasteiger charge is 2.19. The van der Waals surface area contributed by atoms with E-state index in [9.17, 15) is 18.0 Å². The van der Waals surface area contributed by atoms with Gasteiger partial charge in [-0.15, -0.1) is 0 Å². The molecular formula is C26H29Cl2N5O4S. The summed E-state index contributed by atoms with van der Waals surface area (Å²) in [6.45, 7) is 1.18. The average molecular weight is 579 g/mol. The number of nitrogens with zero attached hydrogens (tertiary/aromatic N) is 1. The third kappa shape index (κ3) is 8.42. The van der Waals surface area contributed by atoms with Crippen molar-refractivity contribution in [3.05, 3.63) is 75.9 Å². The van der Waals surface area contributed by atoms with Gasteiger partial charge in [-0.1, -0.05) is 36.0 Å². The van der Waals surface area contributed by atoms with E-state index in [0.717, 1.165) is 31.9 Å². The van der Waals surface area contributed by atoms with Gasteiger partial charge in [0, 0.05) is 29.7 Å². The van der Waals surface area contributed by atoms with Crippen LogP contribution in [0.4, 0.5) is 17.2 Å². The first-order valence-electron chi connectivity index (χ1n) is 11.9. The Hall–Kier alpha value is -3.18. The van der Waals surface area contributed by atoms with E-state index in [4.69, 9.17) is 28.9 Å². The van der Waals surface area contributed by atoms with Gasteiger partial charge in [-0.2, -0.15) is 0 Å². The minimum Gasteiger partial charge on any atom is -0.384 e. The molecule has 12 heteroatoms. The van der Waals surface area contributed by atoms with Gasteiger partial charge in [-0.3, -0.25) is 9.59 Å². The zero-order valence-electron chi connectivity index (χ0n) is 20.8. The second kappa shape index (κ2) is 13.6. The molecule has 0 bridgehead atoms. The second-order valence-electron chi connectivity index (χ2n) is 8.57. The Bertz CT molecular complexity index is 1400. The molecule has 0 radical (unpaired) electrons. The molecule has 3 aromatic rings. The van der Waals surface area contributed by atoms with Crippen molar-refractivity contribution in [2.75, 3.05) is 35.3 Å². The van der Waals surface area contributed by atoms with E-state index in [-0.39, 0.29) is 27.5 Å². The molecule has 0 fully saturated rings. The van der Waals surface area contributed by atoms with Gasteiger partial charge in [0.15, 0.2) is 9.84 Å². The first-order chi connectivity index (χ1) is 18.1. The number of benzene rings is 2. The molecule has 0 saturated heterocycles. The minimum absolute atomic E-state index is 0.0849. The summed E-state index contributed by atoms with van der Waals surface area (Å²) in [6.07, 6.45) is 6.19. The molecule has 0 unspecified atom stereocenters. The monoisotopic (exact) mass is 577 g/mol. The van der Waals surface area contributed by atoms with Gasteiger partial charge in [0.2, 0.25) is 0 Å². The van der Waals surface area contributed by atoms with Crippen molar-refractivity contribution in [3.63, 3.8) is 0 Å². The predicted molar refractivity (Wildman–Crippen MR) is 152 cm³/mol. The standard InChI is InChI=1S/C26H29Cl2N5O4S/c1-38(36,37)19-8-9-20(23(15-19)30-13-5-3-2-4-12-29)25(34)32-22-10-6-17(27)14-21(22)26(35)33-24-11-7-18(28)16-31-24/h6-11,14-16,30H,2-5,12-13,29H2,1H3,(H,32,34)(H,31,33,35). The van der Waals surface area contributed by atoms with Crippen molar-refractivity contribution >= 4 is 62.0 Å². The lowest BCUT2D eigenvalue weighted by molar-refractivity contribution is 0.102. The molecule has 1 heterocycles. The number of unbranched alkanes of at least 4 members (excludes halogenated alkanes) is 3. The van der Waals surface area contributed by atoms with Crippen LogP contribution in [-0.2, 0) is 9.84 Å². The van der Waals surface area contributed by atoms with Crippen LogP contribution in [0.15, 0.2) is 59.6 Å². The summed E-state index contributed by atoms with van der Waals surface area (Å²) in [5.41, 5.74) is 6.45. The number of aromatic nitrogens is 1. The van der Waals surface area contributed by atoms with Crippen LogP contribution >= 0.6 is 23.2 Å². The zero-order valence-corrected chi connectivity index (χ0v) is 23.1. The van der Waals surface area contributed by atoms with Crippen LogP contribution in [0.1, 0.15) is 46.4 Å². The number of sulfone groups is 1. The average Bonchev–Trinajstić information content (AvgIpc) is 2.87. The summed E-state index contributed by atoms with van der Waals surface area (Å²) in [5, 5.41) is 9.28. The number of hydrogen-bond acceptors (Lipinski definition) is 7. The van der Waals surface area contributed by atoms with Crippen LogP contribution in [0.5, 0.6) is 0 Å². The fourth-order valence-electron chi connectivity index (χ4n) is 3.58. The number of halogens is 2. The van der Waals surface area contributed by atoms with E-state index in [1.165, 1.54) is 36.5 Å². The van der Waals surface area contributed by atoms with Crippen LogP contribution in [0.3, 0.4) is 0 Å². The Labute approximate surface area is 232 Å². The molecule has 0 aliphatic rings. The molecule has 9 nitrogen and oxygen atoms in total. The lowest BCUT2D eigenvalue weighted by Gasteiger charge is -2.16. The van der Waals surface area contributed by atoms with Crippen molar-refractivity contribution in [3.8, 4) is 0 Å². The lowest BCUT2D eigenvalue weighted by atomic mass is 10.1. The Morgan fingerprint density at radius 1 is 0.842 bits per heavy atom. The maximum Gasteiger partial charge on any atom is 0.258 e. The molecule has 2 amide bonds. The van der Waals surface area contributed by atoms with Crippen molar-refractivity contribution in [1.29, 1.82) is 0 Å². The van der Waals surface area contributed by atoms with E-state index >= 15 is 0 Å². The van der Waals surface area contributed by atoms with Gasteiger partial charge in [-0.05, 0) is 67.9 Å². The highest BCUT2D eigenvalue weighted by molar-refractivity contribution is 7.90. The Kier molecular flexibility index (Phi) is 10.5. The maximum atomic E-state index is 13.3. The molecule has 202 valence electrons. The zero-order chi connectivity index (χ0) is 27.7. The Morgan fingerprint density at radius 2 is 1.55 bits per heavy atom. The number of anilines is 3. The fourth-order valence-corrected chi connectivity index (χ4v) is 4.51. The molecule has 0 atom stereocenters. The fraction of sp³-hybridized carbons (Fsp3) is 0.269. The molecule has 0 spiro atoms. The first-order valence-corrected chi connectivity index (χ1v) is 14.5. The highest BCUT2D eigenvalue weighted by Crippen LogP contribution is 2.26. The number of carbonyl (C=O) groups excluding carboxylic acids is 2. The molecule has 0 aliphatic heterocycles. The maximum absolute atomic E-state index is 13.3. The molecule has 3 rings (SSSR count). The van der Waals surface area contributed by atoms with Crippen molar-refractivity contribution in [2.24, 2.45) is 5.73 Å². The number of nitrogens with one attached hydrogen (secondary N) is 3. The summed E-state index contributed by atoms with van der Waals surface area (Å²) in [7, 11) is -3.49. The van der Waals surface area contributed by atoms with E-state index in [2.05, 4.69) is 20.9 Å². The number of nitrogens with two attached hydrogens (primary N) is 1. The van der Waals surface area contributed by atoms with E-state index in [1.54, 1.807) is 18.2 Å². The van der Waals surface area contributed by atoms with Gasteiger partial charge in [0.05, 0.1) is 26.7 Å². The molecule has 38 heavy (non-hydrogen) atoms. The summed E-state index contributed by atoms with van der Waals surface area (Å²) in [5.74, 6) is -0.802. The van der Waals surface area contributed by atoms with Crippen molar-refractivity contribution in [1.82, 2.24) is 4.98 Å². The Morgan fingerprint density at radius 3 is 2.24 bits per heavy atom. The van der Waals surface area contributed by atoms with E-state index in [1.807, 2.05) is 0 Å². The number of amides is 2. The Balaban J connectivity index is 1.84. The minimum atomic E-state index is -3.49. The van der Waals surface area contributed by atoms with Crippen LogP contribution < -0.4 is 21.7 Å². The summed E-state index contributed by atoms with van der Waals surface area (Å²) >= 11 is 12.0. The third-order valence-corrected chi connectivity index (χ3v) is 7.12. The summed E-state index contributed by atoms with van der Waals surface area (Å²) < 4.78 is 24.2. The molecule has 0 saturated carbocycles. The van der Waals surface area contributed by atoms with Gasteiger partial charge >= 0.3 is 0 Å². The second-order valence-corrected chi connectivity index (χ2v) is 11.5. The van der Waals surface area contributed by atoms with Crippen LogP contribution in [0.25, 0.3) is 0 Å². The van der Waals surface area contributed by atoms with Crippen LogP contribution in [-0.4, -0.2) is 44.6 Å². The normalized spacial score (nSPS) is 11.2. The van der Waals surface area contributed by atoms with Crippen LogP contribution in [0, 0.1) is 0 Å². The molecular weight excluding hydrogens is 549 g/mol. The molecule has 0 aliphatic carbocycles. The van der Waals surface area contributed by atoms with Gasteiger partial charge < -0.3 is 21.7 Å². The predicted octanol–water partition coefficient (Wildman–Crippen LogP) is 5.23. The van der Waals surface area contributed by atoms with Gasteiger partial charge in [0.25, 0.3) is 11.8 Å². The quantitative estimate of drug-likeness (QED) is 0.216. The number of hydrogen-bond donors (Lipinski definition) is 4. The van der Waals surface area contributed by atoms with Crippen molar-refractivity contribution in [2.45, 2.75) is 30.6 Å². The number of rotatable bonds is 12. The smallest absolute Gasteiger partial charge is 0.258 e. The number of carbonyl (C=O) groups is 2. The largest absolute Gasteiger partial charge is 0.384 e. The SMILES string of the molecule is CS(=O)(=O)c1ccc(C(=O)Nc2ccc(Cl)cc2C(=O)Nc2ccc(Cl)cn2)c(NCCCCCCN)c1. The molecule has 1 aromatic heterocycles. The van der Waals surface area contributed by atoms with Gasteiger partial charge in [-0.25, -0.2) is 13.4 Å². The van der Waals surface area contributed by atoms with Gasteiger partial charge in [0.1, 0.15) is 5.82 Å². The lowest BCUT2D eigenvalue weighted by Crippen LogP contribution is -2.20. The topological polar surface area (TPSA) is 143 Å². The molecule has 2 aromatic carbocycles. The van der Waals surface area contributed by atoms with E-state index < -0.39 is 21.7 Å². The third-order valence-electron chi connectivity index (χ3n) is 5.55. The summed E-state index contributed by atoms with van der Waals surface area (Å²) in [6, 6.07) is 11.9. The molecule has 5 N–H and O–H groups in total. The summed E-state index contributed by atoms with van der Waals surface area (Å²) in [4.78, 5) is 30.4. The first kappa shape index (κ1) is 29.4. The van der Waals surface area contributed by atoms with Crippen LogP contribution in [0.2, 0.25) is 10.0 Å². The van der Waals surface area contributed by atoms with E-state index in [0.29, 0.717) is 28.8 Å². The number of pyridine rings is 1. The highest BCUT2D eigenvalue weighted by atomic mass is 35.5. The van der Waals surface area contributed by atoms with Crippen molar-refractivity contribution < 1.29 is 18.0 Å².